The molecule has 1 unspecified atom stereocenters. The van der Waals surface area contributed by atoms with Crippen molar-refractivity contribution in [2.24, 2.45) is 0 Å². The number of anilines is 1. The zero-order chi connectivity index (χ0) is 16.2. The molecule has 23 heavy (non-hydrogen) atoms. The van der Waals surface area contributed by atoms with Crippen LogP contribution in [0, 0.1) is 0 Å². The molecule has 122 valence electrons. The molecule has 0 amide bonds. The molecule has 1 aromatic carbocycles. The number of hydrogen-bond acceptors (Lipinski definition) is 3. The molecule has 2 heterocycles. The number of aromatic nitrogens is 2. The van der Waals surface area contributed by atoms with E-state index in [0.29, 0.717) is 6.54 Å². The van der Waals surface area contributed by atoms with E-state index in [1.54, 1.807) is 16.8 Å². The number of hydrogen-bond donors (Lipinski definition) is 0. The molecule has 1 spiro atoms. The van der Waals surface area contributed by atoms with Crippen molar-refractivity contribution >= 4 is 15.7 Å². The van der Waals surface area contributed by atoms with Crippen LogP contribution in [0.3, 0.4) is 0 Å². The predicted molar refractivity (Wildman–Crippen MR) is 89.1 cm³/mol. The Bertz CT molecular complexity index is 852. The maximum atomic E-state index is 13.1. The molecule has 1 aliphatic carbocycles. The number of benzene rings is 1. The summed E-state index contributed by atoms with van der Waals surface area (Å²) in [6.45, 7) is 4.68. The third-order valence-electron chi connectivity index (χ3n) is 5.28. The average Bonchev–Trinajstić information content (AvgIpc) is 3.02. The Balaban J connectivity index is 1.74. The minimum Gasteiger partial charge on any atom is -0.333 e. The zero-order valence-electron chi connectivity index (χ0n) is 13.4. The Labute approximate surface area is 137 Å². The first-order chi connectivity index (χ1) is 11.0. The van der Waals surface area contributed by atoms with Gasteiger partial charge in [0.1, 0.15) is 0 Å². The Kier molecular flexibility index (Phi) is 3.10. The predicted octanol–water partition coefficient (Wildman–Crippen LogP) is 3.09. The van der Waals surface area contributed by atoms with E-state index in [4.69, 9.17) is 0 Å². The van der Waals surface area contributed by atoms with Gasteiger partial charge in [0, 0.05) is 24.2 Å². The summed E-state index contributed by atoms with van der Waals surface area (Å²) in [4.78, 5) is 4.18. The second-order valence-corrected chi connectivity index (χ2v) is 8.53. The lowest BCUT2D eigenvalue weighted by molar-refractivity contribution is 0.529. The van der Waals surface area contributed by atoms with E-state index >= 15 is 0 Å². The molecular weight excluding hydrogens is 310 g/mol. The first-order valence-electron chi connectivity index (χ1n) is 8.14. The molecule has 4 rings (SSSR count). The molecular formula is C17H21N3O2S. The average molecular weight is 331 g/mol. The van der Waals surface area contributed by atoms with Crippen molar-refractivity contribution < 1.29 is 8.42 Å². The van der Waals surface area contributed by atoms with Crippen LogP contribution in [-0.2, 0) is 15.4 Å². The van der Waals surface area contributed by atoms with Crippen LogP contribution in [0.4, 0.5) is 5.69 Å². The molecule has 1 fully saturated rings. The number of imidazole rings is 1. The molecule has 0 saturated heterocycles. The molecule has 1 saturated carbocycles. The van der Waals surface area contributed by atoms with E-state index in [1.165, 1.54) is 5.56 Å². The lowest BCUT2D eigenvalue weighted by Crippen LogP contribution is -2.31. The molecule has 0 bridgehead atoms. The number of nitrogens with zero attached hydrogens (tertiary/aromatic N) is 3. The van der Waals surface area contributed by atoms with Crippen molar-refractivity contribution in [1.82, 2.24) is 9.55 Å². The van der Waals surface area contributed by atoms with Gasteiger partial charge in [-0.25, -0.2) is 4.98 Å². The number of rotatable bonds is 4. The van der Waals surface area contributed by atoms with Crippen LogP contribution < -0.4 is 4.31 Å². The minimum atomic E-state index is -3.60. The molecule has 1 aliphatic heterocycles. The van der Waals surface area contributed by atoms with Crippen LogP contribution in [0.2, 0.25) is 0 Å². The molecule has 0 radical (unpaired) electrons. The Morgan fingerprint density at radius 3 is 2.74 bits per heavy atom. The monoisotopic (exact) mass is 331 g/mol. The first kappa shape index (κ1) is 14.8. The molecule has 2 aromatic rings. The normalized spacial score (nSPS) is 19.8. The van der Waals surface area contributed by atoms with Gasteiger partial charge in [-0.1, -0.05) is 25.1 Å². The molecule has 6 heteroatoms. The topological polar surface area (TPSA) is 55.2 Å². The number of sulfonamides is 1. The van der Waals surface area contributed by atoms with E-state index in [2.05, 4.69) is 24.9 Å². The quantitative estimate of drug-likeness (QED) is 0.865. The van der Waals surface area contributed by atoms with Gasteiger partial charge in [0.15, 0.2) is 5.03 Å². The van der Waals surface area contributed by atoms with Gasteiger partial charge in [0.25, 0.3) is 10.0 Å². The van der Waals surface area contributed by atoms with Gasteiger partial charge < -0.3 is 4.57 Å². The highest BCUT2D eigenvalue weighted by Gasteiger charge is 2.54. The van der Waals surface area contributed by atoms with E-state index in [9.17, 15) is 8.42 Å². The fourth-order valence-corrected chi connectivity index (χ4v) is 4.89. The summed E-state index contributed by atoms with van der Waals surface area (Å²) in [6.07, 6.45) is 6.35. The summed E-state index contributed by atoms with van der Waals surface area (Å²) in [5.74, 6) is 0. The van der Waals surface area contributed by atoms with Gasteiger partial charge in [0.05, 0.1) is 12.0 Å². The van der Waals surface area contributed by atoms with Crippen molar-refractivity contribution in [2.75, 3.05) is 10.8 Å². The van der Waals surface area contributed by atoms with Gasteiger partial charge in [-0.3, -0.25) is 4.31 Å². The van der Waals surface area contributed by atoms with Crippen molar-refractivity contribution in [1.29, 1.82) is 0 Å². The SMILES string of the molecule is CCC(C)n1cnc(S(=O)(=O)N2CC3(CC3)c3ccccc32)c1. The fraction of sp³-hybridized carbons (Fsp3) is 0.471. The van der Waals surface area contributed by atoms with E-state index < -0.39 is 10.0 Å². The molecule has 1 aromatic heterocycles. The van der Waals surface area contributed by atoms with Crippen LogP contribution in [-0.4, -0.2) is 24.5 Å². The highest BCUT2D eigenvalue weighted by Crippen LogP contribution is 2.57. The maximum Gasteiger partial charge on any atom is 0.283 e. The second kappa shape index (κ2) is 4.84. The highest BCUT2D eigenvalue weighted by atomic mass is 32.2. The maximum absolute atomic E-state index is 13.1. The molecule has 0 N–H and O–H groups in total. The van der Waals surface area contributed by atoms with Crippen LogP contribution in [0.25, 0.3) is 0 Å². The van der Waals surface area contributed by atoms with E-state index in [-0.39, 0.29) is 16.5 Å². The van der Waals surface area contributed by atoms with E-state index in [0.717, 1.165) is 24.9 Å². The summed E-state index contributed by atoms with van der Waals surface area (Å²) in [6, 6.07) is 8.11. The smallest absolute Gasteiger partial charge is 0.283 e. The third kappa shape index (κ3) is 2.11. The Hall–Kier alpha value is -1.82. The summed E-state index contributed by atoms with van der Waals surface area (Å²) in [5, 5.41) is 0.144. The van der Waals surface area contributed by atoms with Crippen molar-refractivity contribution in [3.05, 3.63) is 42.4 Å². The first-order valence-corrected chi connectivity index (χ1v) is 9.58. The second-order valence-electron chi connectivity index (χ2n) is 6.73. The summed E-state index contributed by atoms with van der Waals surface area (Å²) < 4.78 is 29.6. The minimum absolute atomic E-state index is 0.0446. The van der Waals surface area contributed by atoms with Gasteiger partial charge >= 0.3 is 0 Å². The van der Waals surface area contributed by atoms with Crippen molar-refractivity contribution in [3.63, 3.8) is 0 Å². The van der Waals surface area contributed by atoms with Crippen LogP contribution in [0.5, 0.6) is 0 Å². The summed E-state index contributed by atoms with van der Waals surface area (Å²) in [7, 11) is -3.60. The van der Waals surface area contributed by atoms with Crippen molar-refractivity contribution in [3.8, 4) is 0 Å². The number of fused-ring (bicyclic) bond motifs is 2. The lowest BCUT2D eigenvalue weighted by atomic mass is 9.99. The largest absolute Gasteiger partial charge is 0.333 e. The molecule has 1 atom stereocenters. The standard InChI is InChI=1S/C17H21N3O2S/c1-3-13(2)19-10-16(18-12-19)23(21,22)20-11-17(8-9-17)14-6-4-5-7-15(14)20/h4-7,10,12-13H,3,8-9,11H2,1-2H3. The fourth-order valence-electron chi connectivity index (χ4n) is 3.39. The zero-order valence-corrected chi connectivity index (χ0v) is 14.3. The van der Waals surface area contributed by atoms with Gasteiger partial charge in [-0.05, 0) is 37.8 Å². The number of para-hydroxylation sites is 1. The molecule has 2 aliphatic rings. The Morgan fingerprint density at radius 1 is 1.30 bits per heavy atom. The van der Waals surface area contributed by atoms with Gasteiger partial charge in [-0.15, -0.1) is 0 Å². The highest BCUT2D eigenvalue weighted by molar-refractivity contribution is 7.92. The van der Waals surface area contributed by atoms with Crippen LogP contribution in [0.1, 0.15) is 44.7 Å². The van der Waals surface area contributed by atoms with Crippen LogP contribution >= 0.6 is 0 Å². The molecule has 5 nitrogen and oxygen atoms in total. The summed E-state index contributed by atoms with van der Waals surface area (Å²) in [5.41, 5.74) is 2.04. The lowest BCUT2D eigenvalue weighted by Gasteiger charge is -2.18. The van der Waals surface area contributed by atoms with Gasteiger partial charge in [0.2, 0.25) is 0 Å². The van der Waals surface area contributed by atoms with E-state index in [1.807, 2.05) is 22.8 Å². The van der Waals surface area contributed by atoms with Crippen molar-refractivity contribution in [2.45, 2.75) is 49.6 Å². The Morgan fingerprint density at radius 2 is 2.04 bits per heavy atom. The third-order valence-corrected chi connectivity index (χ3v) is 6.92. The van der Waals surface area contributed by atoms with Crippen LogP contribution in [0.15, 0.2) is 41.8 Å². The van der Waals surface area contributed by atoms with Gasteiger partial charge in [-0.2, -0.15) is 8.42 Å². The summed E-state index contributed by atoms with van der Waals surface area (Å²) >= 11 is 0.